The molecule has 0 bridgehead atoms. The maximum Gasteiger partial charge on any atom is 0.342 e. The average molecular weight is 464 g/mol. The van der Waals surface area contributed by atoms with Gasteiger partial charge in [-0.2, -0.15) is 5.21 Å². The van der Waals surface area contributed by atoms with Crippen molar-refractivity contribution in [2.24, 2.45) is 0 Å². The molecule has 0 spiro atoms. The summed E-state index contributed by atoms with van der Waals surface area (Å²) in [6, 6.07) is 21.3. The van der Waals surface area contributed by atoms with Crippen LogP contribution in [0.1, 0.15) is 29.4 Å². The fourth-order valence-electron chi connectivity index (χ4n) is 3.67. The smallest absolute Gasteiger partial charge is 0.323 e. The lowest BCUT2D eigenvalue weighted by Crippen LogP contribution is -2.35. The number of aromatic nitrogens is 5. The highest BCUT2D eigenvalue weighted by Crippen LogP contribution is 2.43. The van der Waals surface area contributed by atoms with Crippen molar-refractivity contribution in [1.29, 1.82) is 0 Å². The Labute approximate surface area is 191 Å². The molecule has 2 aromatic heterocycles. The molecule has 0 saturated heterocycles. The normalized spacial score (nSPS) is 13.5. The number of pyridine rings is 1. The van der Waals surface area contributed by atoms with Gasteiger partial charge >= 0.3 is 7.60 Å². The number of H-pyrrole nitrogens is 1. The molecule has 2 atom stereocenters. The van der Waals surface area contributed by atoms with Gasteiger partial charge in [-0.25, -0.2) is 0 Å². The Morgan fingerprint density at radius 2 is 1.70 bits per heavy atom. The molecule has 9 nitrogen and oxygen atoms in total. The highest BCUT2D eigenvalue weighted by atomic mass is 31.2. The first-order valence-electron chi connectivity index (χ1n) is 10.6. The van der Waals surface area contributed by atoms with Crippen molar-refractivity contribution in [3.05, 3.63) is 96.1 Å². The molecule has 0 saturated carbocycles. The molecule has 33 heavy (non-hydrogen) atoms. The predicted octanol–water partition coefficient (Wildman–Crippen LogP) is 3.27. The molecule has 2 aromatic carbocycles. The summed E-state index contributed by atoms with van der Waals surface area (Å²) in [6.45, 7) is 0. The van der Waals surface area contributed by atoms with E-state index in [1.807, 2.05) is 60.7 Å². The van der Waals surface area contributed by atoms with Crippen molar-refractivity contribution >= 4 is 7.60 Å². The summed E-state index contributed by atoms with van der Waals surface area (Å²) in [6.07, 6.45) is 4.51. The molecular formula is C23H25N6O3P. The number of benzene rings is 2. The van der Waals surface area contributed by atoms with Gasteiger partial charge in [0.1, 0.15) is 5.78 Å². The van der Waals surface area contributed by atoms with Crippen molar-refractivity contribution in [2.75, 3.05) is 0 Å². The second kappa shape index (κ2) is 10.6. The molecule has 0 fully saturated rings. The average Bonchev–Trinajstić information content (AvgIpc) is 3.37. The highest BCUT2D eigenvalue weighted by Gasteiger charge is 2.32. The van der Waals surface area contributed by atoms with Gasteiger partial charge in [0.2, 0.25) is 0 Å². The molecule has 4 N–H and O–H groups in total. The molecule has 4 aromatic rings. The summed E-state index contributed by atoms with van der Waals surface area (Å²) in [4.78, 5) is 24.1. The van der Waals surface area contributed by atoms with Gasteiger partial charge in [-0.3, -0.25) is 14.9 Å². The van der Waals surface area contributed by atoms with Crippen molar-refractivity contribution in [3.63, 3.8) is 0 Å². The summed E-state index contributed by atoms with van der Waals surface area (Å²) >= 11 is 0. The Morgan fingerprint density at radius 3 is 2.33 bits per heavy atom. The number of nitrogens with one attached hydrogen (secondary N) is 2. The van der Waals surface area contributed by atoms with Crippen LogP contribution in [0.25, 0.3) is 11.1 Å². The van der Waals surface area contributed by atoms with Gasteiger partial charge < -0.3 is 9.79 Å². The van der Waals surface area contributed by atoms with E-state index in [4.69, 9.17) is 0 Å². The van der Waals surface area contributed by atoms with Crippen molar-refractivity contribution in [3.8, 4) is 11.1 Å². The Hall–Kier alpha value is -3.23. The van der Waals surface area contributed by atoms with E-state index in [1.165, 1.54) is 0 Å². The largest absolute Gasteiger partial charge is 0.342 e. The topological polar surface area (TPSA) is 137 Å². The van der Waals surface area contributed by atoms with E-state index < -0.39 is 19.4 Å². The number of hydrogen-bond donors (Lipinski definition) is 4. The van der Waals surface area contributed by atoms with Gasteiger partial charge in [0.15, 0.2) is 5.82 Å². The standard InChI is InChI=1S/C23H25N6O3P/c30-33(31,32)22(13-10-18-5-4-14-24-16-18)25-21(23-26-28-29-27-23)15-17-8-11-20(12-9-17)19-6-2-1-3-7-19/h1-9,11-12,14,16,21-22,25H,10,13,15H2,(H2,30,31,32)(H,26,27,28,29). The second-order valence-electron chi connectivity index (χ2n) is 7.76. The van der Waals surface area contributed by atoms with Gasteiger partial charge in [-0.15, -0.1) is 10.2 Å². The fraction of sp³-hybridized carbons (Fsp3) is 0.217. The SMILES string of the molecule is O=P(O)(O)C(CCc1cccnc1)NC(Cc1ccc(-c2ccccc2)cc1)c1nn[nH]n1. The van der Waals surface area contributed by atoms with E-state index in [0.29, 0.717) is 18.7 Å². The minimum absolute atomic E-state index is 0.233. The van der Waals surface area contributed by atoms with E-state index in [-0.39, 0.29) is 6.42 Å². The lowest BCUT2D eigenvalue weighted by Gasteiger charge is -2.25. The highest BCUT2D eigenvalue weighted by molar-refractivity contribution is 7.52. The zero-order valence-electron chi connectivity index (χ0n) is 17.8. The van der Waals surface area contributed by atoms with Gasteiger partial charge in [0.05, 0.1) is 6.04 Å². The third-order valence-corrected chi connectivity index (χ3v) is 6.62. The van der Waals surface area contributed by atoms with Crippen LogP contribution in [-0.4, -0.2) is 41.2 Å². The minimum atomic E-state index is -4.44. The van der Waals surface area contributed by atoms with Crippen LogP contribution in [0.2, 0.25) is 0 Å². The summed E-state index contributed by atoms with van der Waals surface area (Å²) in [7, 11) is -4.44. The Bertz CT molecular complexity index is 1170. The van der Waals surface area contributed by atoms with Crippen LogP contribution < -0.4 is 5.32 Å². The molecule has 2 heterocycles. The molecule has 0 amide bonds. The summed E-state index contributed by atoms with van der Waals surface area (Å²) < 4.78 is 12.3. The number of hydrogen-bond acceptors (Lipinski definition) is 6. The lowest BCUT2D eigenvalue weighted by molar-refractivity contribution is 0.328. The first-order chi connectivity index (χ1) is 16.0. The molecular weight excluding hydrogens is 439 g/mol. The van der Waals surface area contributed by atoms with E-state index >= 15 is 0 Å². The Morgan fingerprint density at radius 1 is 0.939 bits per heavy atom. The summed E-state index contributed by atoms with van der Waals surface area (Å²) in [5.74, 6) is -0.716. The van der Waals surface area contributed by atoms with Crippen LogP contribution in [0, 0.1) is 0 Å². The first-order valence-corrected chi connectivity index (χ1v) is 12.2. The molecule has 170 valence electrons. The molecule has 4 rings (SSSR count). The van der Waals surface area contributed by atoms with Crippen LogP contribution in [0.3, 0.4) is 0 Å². The molecule has 0 aliphatic rings. The summed E-state index contributed by atoms with van der Waals surface area (Å²) in [5.41, 5.74) is 4.10. The van der Waals surface area contributed by atoms with Gasteiger partial charge in [0.25, 0.3) is 0 Å². The monoisotopic (exact) mass is 464 g/mol. The van der Waals surface area contributed by atoms with Crippen molar-refractivity contribution in [2.45, 2.75) is 31.1 Å². The van der Waals surface area contributed by atoms with Crippen LogP contribution in [0.4, 0.5) is 0 Å². The van der Waals surface area contributed by atoms with Gasteiger partial charge in [-0.05, 0) is 47.6 Å². The van der Waals surface area contributed by atoms with Crippen LogP contribution in [-0.2, 0) is 17.4 Å². The van der Waals surface area contributed by atoms with Gasteiger partial charge in [0, 0.05) is 12.4 Å². The number of tetrazole rings is 1. The number of nitrogens with zero attached hydrogens (tertiary/aromatic N) is 4. The van der Waals surface area contributed by atoms with Crippen molar-refractivity contribution < 1.29 is 14.4 Å². The number of rotatable bonds is 10. The fourth-order valence-corrected chi connectivity index (χ4v) is 4.51. The molecule has 0 aliphatic carbocycles. The maximum atomic E-state index is 12.3. The Kier molecular flexibility index (Phi) is 7.36. The van der Waals surface area contributed by atoms with Crippen LogP contribution in [0.5, 0.6) is 0 Å². The minimum Gasteiger partial charge on any atom is -0.323 e. The Balaban J connectivity index is 1.51. The number of aryl methyl sites for hydroxylation is 1. The molecule has 0 aliphatic heterocycles. The predicted molar refractivity (Wildman–Crippen MR) is 124 cm³/mol. The second-order valence-corrected chi connectivity index (χ2v) is 9.56. The lowest BCUT2D eigenvalue weighted by atomic mass is 10.00. The van der Waals surface area contributed by atoms with Crippen molar-refractivity contribution in [1.82, 2.24) is 30.9 Å². The van der Waals surface area contributed by atoms with E-state index in [1.54, 1.807) is 18.5 Å². The zero-order valence-corrected chi connectivity index (χ0v) is 18.7. The number of aromatic amines is 1. The molecule has 0 radical (unpaired) electrons. The summed E-state index contributed by atoms with van der Waals surface area (Å²) in [5, 5.41) is 17.3. The third kappa shape index (κ3) is 6.40. The van der Waals surface area contributed by atoms with E-state index in [9.17, 15) is 14.4 Å². The van der Waals surface area contributed by atoms with Gasteiger partial charge in [-0.1, -0.05) is 65.9 Å². The van der Waals surface area contributed by atoms with Crippen LogP contribution >= 0.6 is 7.60 Å². The quantitative estimate of drug-likeness (QED) is 0.263. The van der Waals surface area contributed by atoms with E-state index in [2.05, 4.69) is 30.9 Å². The van der Waals surface area contributed by atoms with E-state index in [0.717, 1.165) is 22.3 Å². The molecule has 2 unspecified atom stereocenters. The maximum absolute atomic E-state index is 12.3. The zero-order chi connectivity index (χ0) is 23.1. The van der Waals surface area contributed by atoms with Crippen LogP contribution in [0.15, 0.2) is 79.1 Å². The third-order valence-electron chi connectivity index (χ3n) is 5.40. The first kappa shape index (κ1) is 22.9. The molecule has 10 heteroatoms.